The predicted molar refractivity (Wildman–Crippen MR) is 77.8 cm³/mol. The zero-order valence-corrected chi connectivity index (χ0v) is 11.2. The van der Waals surface area contributed by atoms with Crippen molar-refractivity contribution in [2.24, 2.45) is 0 Å². The molecule has 98 valence electrons. The summed E-state index contributed by atoms with van der Waals surface area (Å²) < 4.78 is 0. The Hall–Kier alpha value is -2.07. The van der Waals surface area contributed by atoms with Gasteiger partial charge in [-0.05, 0) is 37.3 Å². The molecule has 0 aliphatic heterocycles. The standard InChI is InChI=1S/C14H14ClN3O/c1-2-16-12-7-6-10(15)9-11(12)14(19)18-13-5-3-4-8-17-13/h3-9,16H,2H2,1H3,(H,17,18,19). The Morgan fingerprint density at radius 3 is 2.84 bits per heavy atom. The molecule has 0 saturated heterocycles. The number of carbonyl (C=O) groups is 1. The van der Waals surface area contributed by atoms with Crippen LogP contribution in [0.3, 0.4) is 0 Å². The molecular weight excluding hydrogens is 262 g/mol. The zero-order chi connectivity index (χ0) is 13.7. The van der Waals surface area contributed by atoms with Crippen molar-refractivity contribution >= 4 is 29.0 Å². The number of amides is 1. The third-order valence-electron chi connectivity index (χ3n) is 2.50. The van der Waals surface area contributed by atoms with E-state index in [4.69, 9.17) is 11.6 Å². The molecule has 0 spiro atoms. The van der Waals surface area contributed by atoms with E-state index in [1.165, 1.54) is 0 Å². The van der Waals surface area contributed by atoms with E-state index < -0.39 is 0 Å². The molecule has 2 aromatic rings. The second-order valence-corrected chi connectivity index (χ2v) is 4.33. The second kappa shape index (κ2) is 6.20. The number of benzene rings is 1. The first-order chi connectivity index (χ1) is 9.20. The Bertz CT molecular complexity index is 572. The van der Waals surface area contributed by atoms with Crippen molar-refractivity contribution in [2.75, 3.05) is 17.2 Å². The molecule has 4 nitrogen and oxygen atoms in total. The van der Waals surface area contributed by atoms with Crippen molar-refractivity contribution in [3.05, 3.63) is 53.2 Å². The highest BCUT2D eigenvalue weighted by molar-refractivity contribution is 6.31. The summed E-state index contributed by atoms with van der Waals surface area (Å²) in [6.45, 7) is 2.69. The minimum atomic E-state index is -0.239. The van der Waals surface area contributed by atoms with Gasteiger partial charge in [-0.25, -0.2) is 4.98 Å². The van der Waals surface area contributed by atoms with Crippen molar-refractivity contribution < 1.29 is 4.79 Å². The summed E-state index contributed by atoms with van der Waals surface area (Å²) in [6, 6.07) is 10.5. The molecule has 0 aliphatic carbocycles. The lowest BCUT2D eigenvalue weighted by atomic mass is 10.1. The fraction of sp³-hybridized carbons (Fsp3) is 0.143. The molecule has 0 aliphatic rings. The molecule has 2 rings (SSSR count). The quantitative estimate of drug-likeness (QED) is 0.899. The number of rotatable bonds is 4. The van der Waals surface area contributed by atoms with Crippen LogP contribution in [-0.2, 0) is 0 Å². The Kier molecular flexibility index (Phi) is 4.36. The number of anilines is 2. The van der Waals surface area contributed by atoms with Gasteiger partial charge in [0.25, 0.3) is 5.91 Å². The van der Waals surface area contributed by atoms with Gasteiger partial charge in [0.05, 0.1) is 5.56 Å². The van der Waals surface area contributed by atoms with E-state index in [0.29, 0.717) is 16.4 Å². The molecule has 2 N–H and O–H groups in total. The highest BCUT2D eigenvalue weighted by Gasteiger charge is 2.12. The summed E-state index contributed by atoms with van der Waals surface area (Å²) in [5.41, 5.74) is 1.25. The number of halogens is 1. The van der Waals surface area contributed by atoms with Crippen LogP contribution in [0.15, 0.2) is 42.6 Å². The first-order valence-electron chi connectivity index (χ1n) is 5.96. The van der Waals surface area contributed by atoms with Crippen LogP contribution >= 0.6 is 11.6 Å². The lowest BCUT2D eigenvalue weighted by Crippen LogP contribution is -2.15. The summed E-state index contributed by atoms with van der Waals surface area (Å²) in [7, 11) is 0. The Labute approximate surface area is 116 Å². The van der Waals surface area contributed by atoms with Crippen LogP contribution in [0.5, 0.6) is 0 Å². The summed E-state index contributed by atoms with van der Waals surface area (Å²) >= 11 is 5.94. The van der Waals surface area contributed by atoms with Crippen molar-refractivity contribution in [2.45, 2.75) is 6.92 Å². The third-order valence-corrected chi connectivity index (χ3v) is 2.74. The van der Waals surface area contributed by atoms with Crippen LogP contribution in [0.4, 0.5) is 11.5 Å². The van der Waals surface area contributed by atoms with E-state index in [2.05, 4.69) is 15.6 Å². The Balaban J connectivity index is 2.25. The van der Waals surface area contributed by atoms with Gasteiger partial charge < -0.3 is 10.6 Å². The van der Waals surface area contributed by atoms with Crippen LogP contribution in [0.1, 0.15) is 17.3 Å². The maximum Gasteiger partial charge on any atom is 0.258 e. The molecule has 0 unspecified atom stereocenters. The van der Waals surface area contributed by atoms with Crippen molar-refractivity contribution in [3.63, 3.8) is 0 Å². The molecule has 1 aromatic heterocycles. The van der Waals surface area contributed by atoms with E-state index >= 15 is 0 Å². The number of carbonyl (C=O) groups excluding carboxylic acids is 1. The van der Waals surface area contributed by atoms with Gasteiger partial charge in [-0.1, -0.05) is 17.7 Å². The van der Waals surface area contributed by atoms with Gasteiger partial charge in [-0.3, -0.25) is 4.79 Å². The second-order valence-electron chi connectivity index (χ2n) is 3.89. The fourth-order valence-corrected chi connectivity index (χ4v) is 1.84. The average Bonchev–Trinajstić information content (AvgIpc) is 2.42. The molecule has 5 heteroatoms. The molecule has 1 aromatic carbocycles. The smallest absolute Gasteiger partial charge is 0.258 e. The normalized spacial score (nSPS) is 10.0. The highest BCUT2D eigenvalue weighted by atomic mass is 35.5. The number of pyridine rings is 1. The maximum absolute atomic E-state index is 12.2. The summed E-state index contributed by atoms with van der Waals surface area (Å²) in [6.07, 6.45) is 1.62. The van der Waals surface area contributed by atoms with Gasteiger partial charge >= 0.3 is 0 Å². The summed E-state index contributed by atoms with van der Waals surface area (Å²) in [5, 5.41) is 6.39. The van der Waals surface area contributed by atoms with Crippen molar-refractivity contribution in [3.8, 4) is 0 Å². The van der Waals surface area contributed by atoms with E-state index in [1.54, 1.807) is 36.5 Å². The molecule has 0 fully saturated rings. The van der Waals surface area contributed by atoms with E-state index in [9.17, 15) is 4.79 Å². The molecule has 0 atom stereocenters. The van der Waals surface area contributed by atoms with E-state index in [1.807, 2.05) is 13.0 Å². The van der Waals surface area contributed by atoms with Crippen LogP contribution in [-0.4, -0.2) is 17.4 Å². The van der Waals surface area contributed by atoms with Crippen LogP contribution in [0.25, 0.3) is 0 Å². The van der Waals surface area contributed by atoms with Gasteiger partial charge in [0.15, 0.2) is 0 Å². The summed E-state index contributed by atoms with van der Waals surface area (Å²) in [4.78, 5) is 16.3. The maximum atomic E-state index is 12.2. The monoisotopic (exact) mass is 275 g/mol. The molecule has 0 radical (unpaired) electrons. The zero-order valence-electron chi connectivity index (χ0n) is 10.5. The minimum Gasteiger partial charge on any atom is -0.385 e. The van der Waals surface area contributed by atoms with Gasteiger partial charge in [0, 0.05) is 23.5 Å². The average molecular weight is 276 g/mol. The fourth-order valence-electron chi connectivity index (χ4n) is 1.67. The summed E-state index contributed by atoms with van der Waals surface area (Å²) in [5.74, 6) is 0.270. The largest absolute Gasteiger partial charge is 0.385 e. The molecule has 0 saturated carbocycles. The number of aromatic nitrogens is 1. The van der Waals surface area contributed by atoms with Crippen molar-refractivity contribution in [1.29, 1.82) is 0 Å². The predicted octanol–water partition coefficient (Wildman–Crippen LogP) is 3.42. The lowest BCUT2D eigenvalue weighted by Gasteiger charge is -2.11. The van der Waals surface area contributed by atoms with Crippen LogP contribution in [0.2, 0.25) is 5.02 Å². The SMILES string of the molecule is CCNc1ccc(Cl)cc1C(=O)Nc1ccccn1. The van der Waals surface area contributed by atoms with Gasteiger partial charge in [0.1, 0.15) is 5.82 Å². The number of hydrogen-bond acceptors (Lipinski definition) is 3. The first kappa shape index (κ1) is 13.4. The van der Waals surface area contributed by atoms with E-state index in [-0.39, 0.29) is 5.91 Å². The lowest BCUT2D eigenvalue weighted by molar-refractivity contribution is 0.102. The minimum absolute atomic E-state index is 0.239. The highest BCUT2D eigenvalue weighted by Crippen LogP contribution is 2.21. The first-order valence-corrected chi connectivity index (χ1v) is 6.34. The molecule has 1 amide bonds. The topological polar surface area (TPSA) is 54.0 Å². The van der Waals surface area contributed by atoms with Gasteiger partial charge in [-0.15, -0.1) is 0 Å². The number of hydrogen-bond donors (Lipinski definition) is 2. The third kappa shape index (κ3) is 3.45. The number of nitrogens with one attached hydrogen (secondary N) is 2. The van der Waals surface area contributed by atoms with Gasteiger partial charge in [-0.2, -0.15) is 0 Å². The molecular formula is C14H14ClN3O. The molecule has 0 bridgehead atoms. The van der Waals surface area contributed by atoms with Crippen LogP contribution < -0.4 is 10.6 Å². The number of nitrogens with zero attached hydrogens (tertiary/aromatic N) is 1. The van der Waals surface area contributed by atoms with Gasteiger partial charge in [0.2, 0.25) is 0 Å². The Morgan fingerprint density at radius 2 is 2.16 bits per heavy atom. The van der Waals surface area contributed by atoms with Crippen LogP contribution in [0, 0.1) is 0 Å². The van der Waals surface area contributed by atoms with E-state index in [0.717, 1.165) is 12.2 Å². The molecule has 19 heavy (non-hydrogen) atoms. The van der Waals surface area contributed by atoms with Crippen molar-refractivity contribution in [1.82, 2.24) is 4.98 Å². The Morgan fingerprint density at radius 1 is 1.32 bits per heavy atom. The molecule has 1 heterocycles.